The van der Waals surface area contributed by atoms with E-state index in [1.54, 1.807) is 13.8 Å². The average molecular weight is 330 g/mol. The zero-order valence-electron chi connectivity index (χ0n) is 12.6. The fourth-order valence-electron chi connectivity index (χ4n) is 1.89. The van der Waals surface area contributed by atoms with Gasteiger partial charge < -0.3 is 15.8 Å². The first-order chi connectivity index (χ1) is 10.6. The molecule has 0 saturated heterocycles. The molecule has 2 rings (SSSR count). The quantitative estimate of drug-likeness (QED) is 0.790. The Morgan fingerprint density at radius 3 is 2.61 bits per heavy atom. The summed E-state index contributed by atoms with van der Waals surface area (Å²) in [5, 5.41) is 6.41. The summed E-state index contributed by atoms with van der Waals surface area (Å²) in [5.41, 5.74) is 6.71. The molecule has 0 bridgehead atoms. The largest absolute Gasteiger partial charge is 0.442 e. The van der Waals surface area contributed by atoms with Crippen LogP contribution in [0.1, 0.15) is 25.0 Å². The standard InChI is InChI=1S/C14H17F3N4O2/c1-13(2,18)7-19-10-4-3-8(5-9(10)14(15,16)17)11-6-23-12(22)21-20-11/h3-5,19H,6-7,18H2,1-2H3,(H,21,22). The molecule has 1 aliphatic heterocycles. The van der Waals surface area contributed by atoms with E-state index < -0.39 is 23.4 Å². The second-order valence-electron chi connectivity index (χ2n) is 5.85. The van der Waals surface area contributed by atoms with Crippen molar-refractivity contribution in [2.45, 2.75) is 25.6 Å². The van der Waals surface area contributed by atoms with Crippen LogP contribution in [0, 0.1) is 0 Å². The number of alkyl halides is 3. The number of amides is 1. The van der Waals surface area contributed by atoms with Gasteiger partial charge in [-0.15, -0.1) is 0 Å². The average Bonchev–Trinajstić information content (AvgIpc) is 2.44. The molecule has 1 aliphatic rings. The highest BCUT2D eigenvalue weighted by atomic mass is 19.4. The lowest BCUT2D eigenvalue weighted by Gasteiger charge is -2.22. The summed E-state index contributed by atoms with van der Waals surface area (Å²) in [6.07, 6.45) is -5.29. The lowest BCUT2D eigenvalue weighted by molar-refractivity contribution is -0.137. The minimum Gasteiger partial charge on any atom is -0.442 e. The fourth-order valence-corrected chi connectivity index (χ4v) is 1.89. The van der Waals surface area contributed by atoms with Gasteiger partial charge in [-0.1, -0.05) is 6.07 Å². The molecule has 1 aromatic rings. The van der Waals surface area contributed by atoms with Gasteiger partial charge in [0.2, 0.25) is 0 Å². The summed E-state index contributed by atoms with van der Waals surface area (Å²) < 4.78 is 44.5. The molecule has 0 unspecified atom stereocenters. The maximum Gasteiger partial charge on any atom is 0.428 e. The summed E-state index contributed by atoms with van der Waals surface area (Å²) in [7, 11) is 0. The highest BCUT2D eigenvalue weighted by Gasteiger charge is 2.34. The molecular weight excluding hydrogens is 313 g/mol. The van der Waals surface area contributed by atoms with Crippen LogP contribution in [0.25, 0.3) is 0 Å². The van der Waals surface area contributed by atoms with Crippen molar-refractivity contribution in [3.8, 4) is 0 Å². The molecule has 0 fully saturated rings. The van der Waals surface area contributed by atoms with Gasteiger partial charge in [0.15, 0.2) is 0 Å². The van der Waals surface area contributed by atoms with Crippen molar-refractivity contribution in [3.63, 3.8) is 0 Å². The highest BCUT2D eigenvalue weighted by Crippen LogP contribution is 2.35. The van der Waals surface area contributed by atoms with Crippen molar-refractivity contribution < 1.29 is 22.7 Å². The van der Waals surface area contributed by atoms with Gasteiger partial charge in [0.05, 0.1) is 5.56 Å². The van der Waals surface area contributed by atoms with Gasteiger partial charge in [-0.05, 0) is 26.0 Å². The molecule has 0 saturated carbocycles. The van der Waals surface area contributed by atoms with Crippen LogP contribution in [0.3, 0.4) is 0 Å². The van der Waals surface area contributed by atoms with Gasteiger partial charge in [0, 0.05) is 23.3 Å². The van der Waals surface area contributed by atoms with E-state index in [9.17, 15) is 18.0 Å². The molecule has 126 valence electrons. The first kappa shape index (κ1) is 17.1. The van der Waals surface area contributed by atoms with Crippen molar-refractivity contribution in [2.75, 3.05) is 18.5 Å². The topological polar surface area (TPSA) is 88.7 Å². The molecule has 6 nitrogen and oxygen atoms in total. The lowest BCUT2D eigenvalue weighted by Crippen LogP contribution is -2.40. The van der Waals surface area contributed by atoms with E-state index in [0.29, 0.717) is 0 Å². The number of anilines is 1. The molecular formula is C14H17F3N4O2. The number of nitrogens with one attached hydrogen (secondary N) is 2. The molecule has 0 spiro atoms. The van der Waals surface area contributed by atoms with Gasteiger partial charge >= 0.3 is 12.3 Å². The van der Waals surface area contributed by atoms with E-state index in [1.165, 1.54) is 12.1 Å². The summed E-state index contributed by atoms with van der Waals surface area (Å²) in [4.78, 5) is 10.9. The maximum absolute atomic E-state index is 13.3. The van der Waals surface area contributed by atoms with Crippen molar-refractivity contribution in [1.29, 1.82) is 0 Å². The molecule has 1 heterocycles. The predicted octanol–water partition coefficient (Wildman–Crippen LogP) is 2.30. The Hall–Kier alpha value is -2.29. The molecule has 0 atom stereocenters. The second-order valence-corrected chi connectivity index (χ2v) is 5.85. The first-order valence-electron chi connectivity index (χ1n) is 6.80. The fraction of sp³-hybridized carbons (Fsp3) is 0.429. The number of hydrazone groups is 1. The summed E-state index contributed by atoms with van der Waals surface area (Å²) >= 11 is 0. The van der Waals surface area contributed by atoms with Gasteiger partial charge in [-0.25, -0.2) is 10.2 Å². The van der Waals surface area contributed by atoms with Crippen LogP contribution >= 0.6 is 0 Å². The van der Waals surface area contributed by atoms with Crippen LogP contribution in [0.4, 0.5) is 23.7 Å². The number of carbonyl (C=O) groups excluding carboxylic acids is 1. The number of benzene rings is 1. The zero-order valence-corrected chi connectivity index (χ0v) is 12.6. The number of nitrogens with zero attached hydrogens (tertiary/aromatic N) is 1. The molecule has 0 aromatic heterocycles. The third-order valence-electron chi connectivity index (χ3n) is 3.01. The van der Waals surface area contributed by atoms with E-state index in [4.69, 9.17) is 10.5 Å². The van der Waals surface area contributed by atoms with Crippen molar-refractivity contribution >= 4 is 17.5 Å². The highest BCUT2D eigenvalue weighted by molar-refractivity contribution is 6.04. The van der Waals surface area contributed by atoms with E-state index in [-0.39, 0.29) is 30.1 Å². The smallest absolute Gasteiger partial charge is 0.428 e. The predicted molar refractivity (Wildman–Crippen MR) is 79.2 cm³/mol. The van der Waals surface area contributed by atoms with Crippen LogP contribution in [0.5, 0.6) is 0 Å². The van der Waals surface area contributed by atoms with E-state index in [2.05, 4.69) is 15.8 Å². The summed E-state index contributed by atoms with van der Waals surface area (Å²) in [6.45, 7) is 3.40. The van der Waals surface area contributed by atoms with Crippen LogP contribution < -0.4 is 16.5 Å². The van der Waals surface area contributed by atoms with E-state index in [0.717, 1.165) is 6.07 Å². The zero-order chi connectivity index (χ0) is 17.3. The molecule has 9 heteroatoms. The number of carbonyl (C=O) groups is 1. The van der Waals surface area contributed by atoms with Crippen LogP contribution in [0.15, 0.2) is 23.3 Å². The van der Waals surface area contributed by atoms with Crippen molar-refractivity contribution in [2.24, 2.45) is 10.8 Å². The lowest BCUT2D eigenvalue weighted by atomic mass is 10.0. The van der Waals surface area contributed by atoms with E-state index >= 15 is 0 Å². The van der Waals surface area contributed by atoms with Gasteiger partial charge in [0.25, 0.3) is 0 Å². The first-order valence-corrected chi connectivity index (χ1v) is 6.80. The Kier molecular flexibility index (Phi) is 4.51. The van der Waals surface area contributed by atoms with Gasteiger partial charge in [0.1, 0.15) is 12.3 Å². The van der Waals surface area contributed by atoms with E-state index in [1.807, 2.05) is 0 Å². The Bertz CT molecular complexity index is 636. The van der Waals surface area contributed by atoms with Crippen LogP contribution in [0.2, 0.25) is 0 Å². The Labute approximate surface area is 130 Å². The number of hydrogen-bond acceptors (Lipinski definition) is 5. The number of halogens is 3. The molecule has 0 aliphatic carbocycles. The van der Waals surface area contributed by atoms with Crippen molar-refractivity contribution in [3.05, 3.63) is 29.3 Å². The monoisotopic (exact) mass is 330 g/mol. The number of rotatable bonds is 4. The summed E-state index contributed by atoms with van der Waals surface area (Å²) in [6, 6.07) is 3.75. The molecule has 0 radical (unpaired) electrons. The summed E-state index contributed by atoms with van der Waals surface area (Å²) in [5.74, 6) is 0. The Morgan fingerprint density at radius 1 is 1.39 bits per heavy atom. The van der Waals surface area contributed by atoms with Crippen molar-refractivity contribution in [1.82, 2.24) is 5.43 Å². The minimum absolute atomic E-state index is 0.0684. The van der Waals surface area contributed by atoms with Gasteiger partial charge in [-0.2, -0.15) is 18.3 Å². The molecule has 1 amide bonds. The second kappa shape index (κ2) is 6.07. The molecule has 4 N–H and O–H groups in total. The van der Waals surface area contributed by atoms with Crippen LogP contribution in [-0.2, 0) is 10.9 Å². The van der Waals surface area contributed by atoms with Crippen LogP contribution in [-0.4, -0.2) is 30.5 Å². The molecule has 1 aromatic carbocycles. The third-order valence-corrected chi connectivity index (χ3v) is 3.01. The minimum atomic E-state index is -4.55. The van der Waals surface area contributed by atoms with Gasteiger partial charge in [-0.3, -0.25) is 0 Å². The Balaban J connectivity index is 2.33. The number of cyclic esters (lactones) is 1. The Morgan fingerprint density at radius 2 is 2.09 bits per heavy atom. The number of nitrogens with two attached hydrogens (primary N) is 1. The number of ether oxygens (including phenoxy) is 1. The normalized spacial score (nSPS) is 15.6. The maximum atomic E-state index is 13.3. The number of hydrogen-bond donors (Lipinski definition) is 3. The molecule has 23 heavy (non-hydrogen) atoms. The SMILES string of the molecule is CC(C)(N)CNc1ccc(C2=NNC(=O)OC2)cc1C(F)(F)F. The third kappa shape index (κ3) is 4.59.